The molecule has 1 aliphatic rings. The van der Waals surface area contributed by atoms with Crippen molar-refractivity contribution in [2.24, 2.45) is 0 Å². The van der Waals surface area contributed by atoms with Gasteiger partial charge in [0.2, 0.25) is 0 Å². The zero-order valence-electron chi connectivity index (χ0n) is 12.6. The van der Waals surface area contributed by atoms with Gasteiger partial charge in [-0.3, -0.25) is 10.1 Å². The van der Waals surface area contributed by atoms with E-state index in [2.05, 4.69) is 5.32 Å². The van der Waals surface area contributed by atoms with E-state index in [-0.39, 0.29) is 18.1 Å². The molecule has 1 saturated heterocycles. The van der Waals surface area contributed by atoms with Crippen LogP contribution in [0.25, 0.3) is 0 Å². The van der Waals surface area contributed by atoms with E-state index >= 15 is 0 Å². The smallest absolute Gasteiger partial charge is 0.410 e. The number of amides is 1. The van der Waals surface area contributed by atoms with Gasteiger partial charge in [-0.2, -0.15) is 0 Å². The van der Waals surface area contributed by atoms with Crippen LogP contribution in [0.4, 0.5) is 4.79 Å². The van der Waals surface area contributed by atoms with Crippen LogP contribution >= 0.6 is 0 Å². The van der Waals surface area contributed by atoms with Gasteiger partial charge in [-0.15, -0.1) is 0 Å². The Labute approximate surface area is 114 Å². The minimum atomic E-state index is -0.751. The summed E-state index contributed by atoms with van der Waals surface area (Å²) in [6.07, 6.45) is -0.318. The molecular weight excluding hydrogens is 248 g/mol. The maximum Gasteiger partial charge on any atom is 0.410 e. The summed E-state index contributed by atoms with van der Waals surface area (Å²) in [5.41, 5.74) is -1.24. The zero-order valence-corrected chi connectivity index (χ0v) is 12.6. The normalized spacial score (nSPS) is 16.8. The first-order valence-corrected chi connectivity index (χ1v) is 6.39. The second kappa shape index (κ2) is 5.36. The van der Waals surface area contributed by atoms with Gasteiger partial charge in [-0.25, -0.2) is 4.79 Å². The highest BCUT2D eigenvalue weighted by atomic mass is 16.6. The third kappa shape index (κ3) is 4.38. The lowest BCUT2D eigenvalue weighted by Crippen LogP contribution is -2.66. The van der Waals surface area contributed by atoms with Crippen LogP contribution in [0, 0.1) is 0 Å². The van der Waals surface area contributed by atoms with Gasteiger partial charge in [0.15, 0.2) is 0 Å². The number of carbonyl (C=O) groups excluding carboxylic acids is 2. The Hall–Kier alpha value is -1.30. The third-order valence-corrected chi connectivity index (χ3v) is 2.79. The van der Waals surface area contributed by atoms with E-state index in [0.29, 0.717) is 13.1 Å². The third-order valence-electron chi connectivity index (χ3n) is 2.79. The largest absolute Gasteiger partial charge is 0.468 e. The molecule has 1 rings (SSSR count). The molecule has 0 aliphatic carbocycles. The Morgan fingerprint density at radius 2 is 1.68 bits per heavy atom. The molecule has 0 unspecified atom stereocenters. The number of ether oxygens (including phenoxy) is 2. The summed E-state index contributed by atoms with van der Waals surface area (Å²) < 4.78 is 9.97. The number of hydrogen-bond donors (Lipinski definition) is 1. The van der Waals surface area contributed by atoms with Crippen LogP contribution in [0.2, 0.25) is 0 Å². The molecule has 0 radical (unpaired) electrons. The molecule has 0 aromatic heterocycles. The second-order valence-corrected chi connectivity index (χ2v) is 6.34. The van der Waals surface area contributed by atoms with E-state index in [4.69, 9.17) is 9.47 Å². The average molecular weight is 272 g/mol. The topological polar surface area (TPSA) is 67.9 Å². The fourth-order valence-corrected chi connectivity index (χ4v) is 1.87. The molecule has 1 amide bonds. The second-order valence-electron chi connectivity index (χ2n) is 6.34. The SMILES string of the molecule is COC(=O)C(C)(C)NC1CN(C(=O)OC(C)(C)C)C1. The molecular formula is C13H24N2O4. The van der Waals surface area contributed by atoms with Crippen molar-refractivity contribution in [2.75, 3.05) is 20.2 Å². The molecule has 1 fully saturated rings. The summed E-state index contributed by atoms with van der Waals surface area (Å²) >= 11 is 0. The molecule has 110 valence electrons. The Balaban J connectivity index is 2.38. The number of nitrogens with one attached hydrogen (secondary N) is 1. The molecule has 1 heterocycles. The monoisotopic (exact) mass is 272 g/mol. The van der Waals surface area contributed by atoms with Crippen molar-refractivity contribution in [1.29, 1.82) is 0 Å². The predicted molar refractivity (Wildman–Crippen MR) is 70.8 cm³/mol. The lowest BCUT2D eigenvalue weighted by molar-refractivity contribution is -0.147. The molecule has 0 atom stereocenters. The van der Waals surface area contributed by atoms with Gasteiger partial charge in [0.05, 0.1) is 7.11 Å². The number of rotatable bonds is 3. The van der Waals surface area contributed by atoms with Crippen molar-refractivity contribution in [1.82, 2.24) is 10.2 Å². The van der Waals surface area contributed by atoms with Crippen LogP contribution in [0.3, 0.4) is 0 Å². The lowest BCUT2D eigenvalue weighted by atomic mass is 10.0. The Bertz CT molecular complexity index is 354. The molecule has 6 nitrogen and oxygen atoms in total. The van der Waals surface area contributed by atoms with Crippen LogP contribution < -0.4 is 5.32 Å². The van der Waals surface area contributed by atoms with E-state index in [0.717, 1.165) is 0 Å². The maximum absolute atomic E-state index is 11.7. The first-order valence-electron chi connectivity index (χ1n) is 6.39. The minimum Gasteiger partial charge on any atom is -0.468 e. The van der Waals surface area contributed by atoms with Crippen molar-refractivity contribution in [3.8, 4) is 0 Å². The van der Waals surface area contributed by atoms with Gasteiger partial charge in [-0.05, 0) is 34.6 Å². The number of esters is 1. The van der Waals surface area contributed by atoms with E-state index < -0.39 is 11.1 Å². The van der Waals surface area contributed by atoms with Crippen LogP contribution in [0.1, 0.15) is 34.6 Å². The fourth-order valence-electron chi connectivity index (χ4n) is 1.87. The minimum absolute atomic E-state index is 0.0848. The first-order chi connectivity index (χ1) is 8.55. The Kier molecular flexibility index (Phi) is 4.45. The van der Waals surface area contributed by atoms with Gasteiger partial charge < -0.3 is 14.4 Å². The number of nitrogens with zero attached hydrogens (tertiary/aromatic N) is 1. The Morgan fingerprint density at radius 1 is 1.16 bits per heavy atom. The maximum atomic E-state index is 11.7. The lowest BCUT2D eigenvalue weighted by Gasteiger charge is -2.43. The number of methoxy groups -OCH3 is 1. The van der Waals surface area contributed by atoms with Gasteiger partial charge in [0.25, 0.3) is 0 Å². The van der Waals surface area contributed by atoms with E-state index in [1.54, 1.807) is 18.7 Å². The van der Waals surface area contributed by atoms with E-state index in [1.165, 1.54) is 7.11 Å². The molecule has 0 aromatic rings. The molecule has 0 aromatic carbocycles. The van der Waals surface area contributed by atoms with Crippen molar-refractivity contribution in [3.63, 3.8) is 0 Å². The summed E-state index contributed by atoms with van der Waals surface area (Å²) in [6, 6.07) is 0.0848. The highest BCUT2D eigenvalue weighted by molar-refractivity contribution is 5.79. The van der Waals surface area contributed by atoms with E-state index in [9.17, 15) is 9.59 Å². The van der Waals surface area contributed by atoms with Crippen LogP contribution in [-0.2, 0) is 14.3 Å². The van der Waals surface area contributed by atoms with Gasteiger partial charge in [0, 0.05) is 19.1 Å². The first kappa shape index (κ1) is 15.8. The summed E-state index contributed by atoms with van der Waals surface area (Å²) in [5, 5.41) is 3.17. The van der Waals surface area contributed by atoms with Gasteiger partial charge in [0.1, 0.15) is 11.1 Å². The van der Waals surface area contributed by atoms with E-state index in [1.807, 2.05) is 20.8 Å². The summed E-state index contributed by atoms with van der Waals surface area (Å²) in [6.45, 7) is 10.1. The number of carbonyl (C=O) groups is 2. The van der Waals surface area contributed by atoms with Crippen molar-refractivity contribution < 1.29 is 19.1 Å². The quantitative estimate of drug-likeness (QED) is 0.781. The number of hydrogen-bond acceptors (Lipinski definition) is 5. The van der Waals surface area contributed by atoms with Gasteiger partial charge >= 0.3 is 12.1 Å². The summed E-state index contributed by atoms with van der Waals surface area (Å²) in [5.74, 6) is -0.316. The molecule has 6 heteroatoms. The summed E-state index contributed by atoms with van der Waals surface area (Å²) in [4.78, 5) is 24.9. The van der Waals surface area contributed by atoms with Gasteiger partial charge in [-0.1, -0.05) is 0 Å². The molecule has 0 spiro atoms. The van der Waals surface area contributed by atoms with Crippen molar-refractivity contribution in [2.45, 2.75) is 51.8 Å². The van der Waals surface area contributed by atoms with Crippen LogP contribution in [-0.4, -0.2) is 54.3 Å². The fraction of sp³-hybridized carbons (Fsp3) is 0.846. The van der Waals surface area contributed by atoms with Crippen LogP contribution in [0.15, 0.2) is 0 Å². The van der Waals surface area contributed by atoms with Crippen molar-refractivity contribution in [3.05, 3.63) is 0 Å². The molecule has 19 heavy (non-hydrogen) atoms. The average Bonchev–Trinajstić information content (AvgIpc) is 2.18. The molecule has 1 N–H and O–H groups in total. The highest BCUT2D eigenvalue weighted by Crippen LogP contribution is 2.17. The predicted octanol–water partition coefficient (Wildman–Crippen LogP) is 1.15. The Morgan fingerprint density at radius 3 is 2.11 bits per heavy atom. The summed E-state index contributed by atoms with van der Waals surface area (Å²) in [7, 11) is 1.36. The molecule has 0 bridgehead atoms. The molecule has 1 aliphatic heterocycles. The van der Waals surface area contributed by atoms with Crippen molar-refractivity contribution >= 4 is 12.1 Å². The standard InChI is InChI=1S/C13H24N2O4/c1-12(2,3)19-11(17)15-7-9(8-15)14-13(4,5)10(16)18-6/h9,14H,7-8H2,1-6H3. The number of likely N-dealkylation sites (tertiary alicyclic amines) is 1. The molecule has 0 saturated carbocycles. The van der Waals surface area contributed by atoms with Crippen LogP contribution in [0.5, 0.6) is 0 Å². The zero-order chi connectivity index (χ0) is 14.8. The highest BCUT2D eigenvalue weighted by Gasteiger charge is 2.39.